The Labute approximate surface area is 290 Å². The van der Waals surface area contributed by atoms with Crippen LogP contribution in [0.5, 0.6) is 0 Å². The van der Waals surface area contributed by atoms with Crippen molar-refractivity contribution >= 4 is 57.7 Å². The van der Waals surface area contributed by atoms with E-state index in [2.05, 4.69) is 50.2 Å². The van der Waals surface area contributed by atoms with E-state index in [-0.39, 0.29) is 41.8 Å². The van der Waals surface area contributed by atoms with Crippen LogP contribution < -0.4 is 26.2 Å². The van der Waals surface area contributed by atoms with Crippen LogP contribution in [0.3, 0.4) is 0 Å². The predicted octanol–water partition coefficient (Wildman–Crippen LogP) is 2.98. The molecule has 2 saturated carbocycles. The van der Waals surface area contributed by atoms with E-state index in [1.807, 2.05) is 12.3 Å². The number of fused-ring (bicyclic) bond motifs is 1. The molecule has 13 nitrogen and oxygen atoms in total. The zero-order chi connectivity index (χ0) is 34.8. The Balaban J connectivity index is 0.948. The van der Waals surface area contributed by atoms with Crippen molar-refractivity contribution in [3.63, 3.8) is 0 Å². The first-order valence-electron chi connectivity index (χ1n) is 17.5. The van der Waals surface area contributed by atoms with Gasteiger partial charge in [-0.05, 0) is 81.5 Å². The summed E-state index contributed by atoms with van der Waals surface area (Å²) in [6.45, 7) is 4.73. The first-order valence-corrected chi connectivity index (χ1v) is 17.5. The Kier molecular flexibility index (Phi) is 9.57. The van der Waals surface area contributed by atoms with Gasteiger partial charge < -0.3 is 31.2 Å². The molecule has 2 aromatic carbocycles. The summed E-state index contributed by atoms with van der Waals surface area (Å²) in [7, 11) is 2.15. The highest BCUT2D eigenvalue weighted by Crippen LogP contribution is 2.36. The Morgan fingerprint density at radius 1 is 1.04 bits per heavy atom. The summed E-state index contributed by atoms with van der Waals surface area (Å²) in [6.07, 6.45) is 8.69. The predicted molar refractivity (Wildman–Crippen MR) is 191 cm³/mol. The van der Waals surface area contributed by atoms with E-state index in [1.165, 1.54) is 0 Å². The monoisotopic (exact) mass is 677 g/mol. The average Bonchev–Trinajstić information content (AvgIpc) is 3.96. The van der Waals surface area contributed by atoms with E-state index in [0.717, 1.165) is 85.5 Å². The largest absolute Gasteiger partial charge is 0.388 e. The number of piperidine rings is 1. The number of aromatic nitrogens is 2. The van der Waals surface area contributed by atoms with Crippen molar-refractivity contribution in [3.8, 4) is 0 Å². The lowest BCUT2D eigenvalue weighted by Gasteiger charge is -2.36. The lowest BCUT2D eigenvalue weighted by Crippen LogP contribution is -2.52. The van der Waals surface area contributed by atoms with Gasteiger partial charge in [0.25, 0.3) is 5.91 Å². The number of piperazine rings is 1. The fourth-order valence-corrected chi connectivity index (χ4v) is 6.82. The fraction of sp³-hybridized carbons (Fsp3) is 0.432. The van der Waals surface area contributed by atoms with Gasteiger partial charge >= 0.3 is 0 Å². The van der Waals surface area contributed by atoms with Crippen LogP contribution >= 0.6 is 0 Å². The third-order valence-electron chi connectivity index (χ3n) is 10.2. The summed E-state index contributed by atoms with van der Waals surface area (Å²) in [4.78, 5) is 62.5. The van der Waals surface area contributed by atoms with Crippen LogP contribution in [0.25, 0.3) is 16.6 Å². The molecule has 2 aliphatic carbocycles. The third kappa shape index (κ3) is 7.52. The number of hydrogen-bond donors (Lipinski definition) is 5. The number of hydrogen-bond acceptors (Lipinski definition) is 11. The summed E-state index contributed by atoms with van der Waals surface area (Å²) < 4.78 is 0. The highest BCUT2D eigenvalue weighted by Gasteiger charge is 2.32. The van der Waals surface area contributed by atoms with Crippen molar-refractivity contribution in [3.05, 3.63) is 65.6 Å². The van der Waals surface area contributed by atoms with Gasteiger partial charge in [-0.2, -0.15) is 0 Å². The van der Waals surface area contributed by atoms with Gasteiger partial charge in [0.05, 0.1) is 22.9 Å². The number of carbonyl (C=O) groups is 4. The van der Waals surface area contributed by atoms with Crippen molar-refractivity contribution in [1.82, 2.24) is 30.8 Å². The van der Waals surface area contributed by atoms with E-state index in [9.17, 15) is 19.2 Å². The molecule has 0 radical (unpaired) electrons. The second-order valence-corrected chi connectivity index (χ2v) is 13.9. The minimum Gasteiger partial charge on any atom is -0.388 e. The molecule has 3 heterocycles. The number of carbonyl (C=O) groups excluding carboxylic acids is 4. The maximum atomic E-state index is 12.8. The summed E-state index contributed by atoms with van der Waals surface area (Å²) >= 11 is 0. The van der Waals surface area contributed by atoms with Crippen LogP contribution in [0.4, 0.5) is 11.4 Å². The number of nitrogens with zero attached hydrogens (tertiary/aromatic N) is 4. The number of benzene rings is 2. The lowest BCUT2D eigenvalue weighted by atomic mass is 9.80. The van der Waals surface area contributed by atoms with E-state index < -0.39 is 17.9 Å². The van der Waals surface area contributed by atoms with E-state index in [1.54, 1.807) is 24.4 Å². The molecular formula is C37H43N9O4. The molecule has 0 bridgehead atoms. The SMILES string of the molecule is CN1CCN(c2ccc3ncc(/C(=C/NC4CC(CNc5ccc(C(=O)NC6CCC(=O)NC6=O)c(C=O)c5)C4)C(=N)C4CC4)nc3c2)CC1. The first-order chi connectivity index (χ1) is 24.2. The topological polar surface area (TPSA) is 173 Å². The molecule has 1 unspecified atom stereocenters. The highest BCUT2D eigenvalue weighted by atomic mass is 16.2. The summed E-state index contributed by atoms with van der Waals surface area (Å²) in [6, 6.07) is 10.7. The van der Waals surface area contributed by atoms with Gasteiger partial charge in [-0.3, -0.25) is 29.5 Å². The smallest absolute Gasteiger partial charge is 0.252 e. The summed E-state index contributed by atoms with van der Waals surface area (Å²) in [5.74, 6) is -0.760. The molecule has 1 atom stereocenters. The van der Waals surface area contributed by atoms with E-state index >= 15 is 0 Å². The van der Waals surface area contributed by atoms with Gasteiger partial charge in [-0.1, -0.05) is 0 Å². The molecule has 1 aromatic heterocycles. The molecule has 7 rings (SSSR count). The lowest BCUT2D eigenvalue weighted by molar-refractivity contribution is -0.134. The maximum absolute atomic E-state index is 12.8. The van der Waals surface area contributed by atoms with Gasteiger partial charge in [-0.15, -0.1) is 0 Å². The number of allylic oxidation sites excluding steroid dienone is 1. The van der Waals surface area contributed by atoms with Gasteiger partial charge in [0.15, 0.2) is 6.29 Å². The molecule has 260 valence electrons. The van der Waals surface area contributed by atoms with Crippen molar-refractivity contribution in [2.75, 3.05) is 50.0 Å². The van der Waals surface area contributed by atoms with Crippen molar-refractivity contribution < 1.29 is 19.2 Å². The number of likely N-dealkylation sites (N-methyl/N-ethyl adjacent to an activating group) is 1. The Bertz CT molecular complexity index is 1860. The maximum Gasteiger partial charge on any atom is 0.252 e. The normalized spacial score (nSPS) is 22.8. The third-order valence-corrected chi connectivity index (χ3v) is 10.2. The van der Waals surface area contributed by atoms with E-state index in [0.29, 0.717) is 24.5 Å². The molecule has 3 aromatic rings. The summed E-state index contributed by atoms with van der Waals surface area (Å²) in [5, 5.41) is 20.7. The van der Waals surface area contributed by atoms with Crippen LogP contribution in [0.2, 0.25) is 0 Å². The molecule has 13 heteroatoms. The summed E-state index contributed by atoms with van der Waals surface area (Å²) in [5.41, 5.74) is 6.09. The molecule has 50 heavy (non-hydrogen) atoms. The number of anilines is 2. The number of amides is 3. The second kappa shape index (κ2) is 14.4. The molecular weight excluding hydrogens is 634 g/mol. The van der Waals surface area contributed by atoms with Crippen LogP contribution in [0.15, 0.2) is 48.8 Å². The van der Waals surface area contributed by atoms with Crippen molar-refractivity contribution in [1.29, 1.82) is 5.41 Å². The fourth-order valence-electron chi connectivity index (χ4n) is 6.82. The molecule has 5 N–H and O–H groups in total. The van der Waals surface area contributed by atoms with Gasteiger partial charge in [-0.25, -0.2) is 4.98 Å². The first kappa shape index (κ1) is 33.3. The minimum atomic E-state index is -0.816. The van der Waals surface area contributed by atoms with Crippen LogP contribution in [-0.2, 0) is 9.59 Å². The Morgan fingerprint density at radius 3 is 2.58 bits per heavy atom. The molecule has 4 aliphatic rings. The second-order valence-electron chi connectivity index (χ2n) is 13.9. The highest BCUT2D eigenvalue weighted by molar-refractivity contribution is 6.23. The number of rotatable bonds is 12. The molecule has 0 spiro atoms. The van der Waals surface area contributed by atoms with Gasteiger partial charge in [0, 0.05) is 91.1 Å². The molecule has 4 fully saturated rings. The molecule has 2 saturated heterocycles. The van der Waals surface area contributed by atoms with Crippen LogP contribution in [0.1, 0.15) is 64.9 Å². The minimum absolute atomic E-state index is 0.149. The van der Waals surface area contributed by atoms with Crippen molar-refractivity contribution in [2.45, 2.75) is 50.6 Å². The molecule has 3 amide bonds. The quantitative estimate of drug-likeness (QED) is 0.109. The zero-order valence-corrected chi connectivity index (χ0v) is 28.2. The number of nitrogens with one attached hydrogen (secondary N) is 5. The average molecular weight is 678 g/mol. The van der Waals surface area contributed by atoms with Crippen molar-refractivity contribution in [2.24, 2.45) is 11.8 Å². The Morgan fingerprint density at radius 2 is 1.84 bits per heavy atom. The Hall–Kier alpha value is -5.17. The molecule has 2 aliphatic heterocycles. The van der Waals surface area contributed by atoms with E-state index in [4.69, 9.17) is 15.4 Å². The van der Waals surface area contributed by atoms with Crippen LogP contribution in [-0.4, -0.2) is 96.4 Å². The zero-order valence-electron chi connectivity index (χ0n) is 28.2. The van der Waals surface area contributed by atoms with Gasteiger partial charge in [0.2, 0.25) is 11.8 Å². The van der Waals surface area contributed by atoms with Gasteiger partial charge in [0.1, 0.15) is 6.04 Å². The van der Waals surface area contributed by atoms with Crippen LogP contribution in [0, 0.1) is 17.2 Å². The number of imide groups is 1. The number of aldehydes is 1. The standard InChI is InChI=1S/C37H43N9O4/c1-45-10-12-46(13-11-45)27-5-7-30-32(17-27)42-33(20-41-30)29(35(38)23-2-3-23)19-40-26-14-22(15-26)18-39-25-4-6-28(24(16-25)21-47)36(49)43-31-8-9-34(48)44-37(31)50/h4-7,16-17,19-23,26,31,38-40H,2-3,8-15,18H2,1H3,(H,43,49)(H,44,48,50)/b29-19-,38-35?.